The van der Waals surface area contributed by atoms with Crippen LogP contribution in [-0.2, 0) is 4.74 Å². The van der Waals surface area contributed by atoms with Gasteiger partial charge in [-0.1, -0.05) is 18.2 Å². The van der Waals surface area contributed by atoms with E-state index < -0.39 is 0 Å². The van der Waals surface area contributed by atoms with Gasteiger partial charge in [-0.05, 0) is 19.1 Å². The fourth-order valence-electron chi connectivity index (χ4n) is 2.63. The third kappa shape index (κ3) is 4.27. The van der Waals surface area contributed by atoms with Crippen molar-refractivity contribution >= 4 is 23.6 Å². The van der Waals surface area contributed by atoms with E-state index in [2.05, 4.69) is 15.3 Å². The summed E-state index contributed by atoms with van der Waals surface area (Å²) in [5.41, 5.74) is 1.11. The van der Waals surface area contributed by atoms with Gasteiger partial charge >= 0.3 is 6.09 Å². The van der Waals surface area contributed by atoms with E-state index in [1.54, 1.807) is 11.8 Å². The number of aromatic nitrogens is 2. The van der Waals surface area contributed by atoms with E-state index in [1.165, 1.54) is 12.4 Å². The lowest BCUT2D eigenvalue weighted by Gasteiger charge is -2.33. The number of nitrogens with one attached hydrogen (secondary N) is 1. The number of rotatable bonds is 4. The number of carbonyl (C=O) groups is 2. The van der Waals surface area contributed by atoms with E-state index in [-0.39, 0.29) is 12.0 Å². The summed E-state index contributed by atoms with van der Waals surface area (Å²) in [5.74, 6) is 0.291. The maximum atomic E-state index is 12.2. The van der Waals surface area contributed by atoms with Crippen LogP contribution in [0.2, 0.25) is 0 Å². The summed E-state index contributed by atoms with van der Waals surface area (Å²) in [6.45, 7) is 4.51. The van der Waals surface area contributed by atoms with Crippen molar-refractivity contribution in [1.82, 2.24) is 14.9 Å². The predicted octanol–water partition coefficient (Wildman–Crippen LogP) is 2.01. The Bertz CT molecular complexity index is 743. The number of nitrogens with zero attached hydrogens (tertiary/aromatic N) is 4. The lowest BCUT2D eigenvalue weighted by atomic mass is 10.3. The zero-order valence-electron chi connectivity index (χ0n) is 14.6. The standard InChI is InChI=1S/C18H21N5O3/c1-2-26-18(25)23-10-8-22(9-11-23)17-19-12-14(13-20-17)16(24)21-15-6-4-3-5-7-15/h3-7,12-13H,2,8-11H2,1H3,(H,21,24). The maximum absolute atomic E-state index is 12.2. The Balaban J connectivity index is 1.56. The quantitative estimate of drug-likeness (QED) is 0.903. The van der Waals surface area contributed by atoms with Crippen molar-refractivity contribution in [1.29, 1.82) is 0 Å². The Kier molecular flexibility index (Phi) is 5.62. The van der Waals surface area contributed by atoms with Gasteiger partial charge < -0.3 is 19.9 Å². The molecule has 0 radical (unpaired) electrons. The van der Waals surface area contributed by atoms with Crippen LogP contribution < -0.4 is 10.2 Å². The van der Waals surface area contributed by atoms with Crippen molar-refractivity contribution in [3.8, 4) is 0 Å². The van der Waals surface area contributed by atoms with Crippen LogP contribution in [0.25, 0.3) is 0 Å². The highest BCUT2D eigenvalue weighted by molar-refractivity contribution is 6.03. The smallest absolute Gasteiger partial charge is 0.409 e. The zero-order chi connectivity index (χ0) is 18.4. The van der Waals surface area contributed by atoms with Gasteiger partial charge in [-0.25, -0.2) is 14.8 Å². The van der Waals surface area contributed by atoms with Crippen LogP contribution in [0.15, 0.2) is 42.7 Å². The van der Waals surface area contributed by atoms with Gasteiger partial charge in [0.05, 0.1) is 12.2 Å². The predicted molar refractivity (Wildman–Crippen MR) is 97.2 cm³/mol. The summed E-state index contributed by atoms with van der Waals surface area (Å²) < 4.78 is 5.01. The molecule has 0 saturated carbocycles. The molecule has 1 aromatic heterocycles. The molecule has 1 fully saturated rings. The molecule has 0 bridgehead atoms. The summed E-state index contributed by atoms with van der Waals surface area (Å²) in [5, 5.41) is 2.80. The Morgan fingerprint density at radius 2 is 1.73 bits per heavy atom. The number of piperazine rings is 1. The van der Waals surface area contributed by atoms with Gasteiger partial charge in [0.25, 0.3) is 5.91 Å². The Hall–Kier alpha value is -3.16. The number of ether oxygens (including phenoxy) is 1. The molecular formula is C18H21N5O3. The molecule has 2 aromatic rings. The number of hydrogen-bond acceptors (Lipinski definition) is 6. The van der Waals surface area contributed by atoms with Gasteiger partial charge in [-0.2, -0.15) is 0 Å². The largest absolute Gasteiger partial charge is 0.450 e. The van der Waals surface area contributed by atoms with Crippen molar-refractivity contribution in [2.45, 2.75) is 6.92 Å². The number of carbonyl (C=O) groups excluding carboxylic acids is 2. The van der Waals surface area contributed by atoms with Gasteiger partial charge in [0.15, 0.2) is 0 Å². The second-order valence-electron chi connectivity index (χ2n) is 5.76. The summed E-state index contributed by atoms with van der Waals surface area (Å²) in [4.78, 5) is 36.2. The molecule has 8 nitrogen and oxygen atoms in total. The average Bonchev–Trinajstić information content (AvgIpc) is 2.69. The molecule has 2 amide bonds. The minimum atomic E-state index is -0.291. The number of hydrogen-bond donors (Lipinski definition) is 1. The average molecular weight is 355 g/mol. The van der Waals surface area contributed by atoms with E-state index in [4.69, 9.17) is 4.74 Å². The molecule has 3 rings (SSSR count). The molecule has 0 atom stereocenters. The fourth-order valence-corrected chi connectivity index (χ4v) is 2.63. The van der Waals surface area contributed by atoms with Crippen LogP contribution in [-0.4, -0.2) is 59.7 Å². The Morgan fingerprint density at radius 1 is 1.08 bits per heavy atom. The molecular weight excluding hydrogens is 334 g/mol. The van der Waals surface area contributed by atoms with Crippen molar-refractivity contribution in [2.24, 2.45) is 0 Å². The third-order valence-corrected chi connectivity index (χ3v) is 4.02. The van der Waals surface area contributed by atoms with Crippen LogP contribution in [0, 0.1) is 0 Å². The van der Waals surface area contributed by atoms with E-state index in [0.29, 0.717) is 44.3 Å². The number of para-hydroxylation sites is 1. The first-order valence-electron chi connectivity index (χ1n) is 8.52. The first-order chi connectivity index (χ1) is 12.7. The second-order valence-corrected chi connectivity index (χ2v) is 5.76. The molecule has 1 aliphatic rings. The normalized spacial score (nSPS) is 14.0. The van der Waals surface area contributed by atoms with Crippen LogP contribution in [0.1, 0.15) is 17.3 Å². The highest BCUT2D eigenvalue weighted by Gasteiger charge is 2.23. The van der Waals surface area contributed by atoms with Crippen molar-refractivity contribution in [3.63, 3.8) is 0 Å². The van der Waals surface area contributed by atoms with Crippen molar-refractivity contribution in [3.05, 3.63) is 48.3 Å². The third-order valence-electron chi connectivity index (χ3n) is 4.02. The molecule has 0 aliphatic carbocycles. The summed E-state index contributed by atoms with van der Waals surface area (Å²) in [6.07, 6.45) is 2.73. The van der Waals surface area contributed by atoms with Crippen LogP contribution in [0.3, 0.4) is 0 Å². The monoisotopic (exact) mass is 355 g/mol. The number of anilines is 2. The van der Waals surface area contributed by atoms with E-state index >= 15 is 0 Å². The topological polar surface area (TPSA) is 87.7 Å². The molecule has 1 N–H and O–H groups in total. The summed E-state index contributed by atoms with van der Waals surface area (Å²) in [7, 11) is 0. The highest BCUT2D eigenvalue weighted by atomic mass is 16.6. The van der Waals surface area contributed by atoms with Crippen LogP contribution >= 0.6 is 0 Å². The molecule has 0 spiro atoms. The van der Waals surface area contributed by atoms with Crippen LogP contribution in [0.4, 0.5) is 16.4 Å². The first-order valence-corrected chi connectivity index (χ1v) is 8.52. The molecule has 26 heavy (non-hydrogen) atoms. The second kappa shape index (κ2) is 8.28. The van der Waals surface area contributed by atoms with Gasteiger partial charge in [0, 0.05) is 44.3 Å². The first kappa shape index (κ1) is 17.7. The number of benzene rings is 1. The van der Waals surface area contributed by atoms with Crippen molar-refractivity contribution < 1.29 is 14.3 Å². The lowest BCUT2D eigenvalue weighted by molar-refractivity contribution is 0.102. The SMILES string of the molecule is CCOC(=O)N1CCN(c2ncc(C(=O)Nc3ccccc3)cn2)CC1. The minimum absolute atomic E-state index is 0.255. The molecule has 0 unspecified atom stereocenters. The van der Waals surface area contributed by atoms with Gasteiger partial charge in [-0.3, -0.25) is 4.79 Å². The molecule has 8 heteroatoms. The highest BCUT2D eigenvalue weighted by Crippen LogP contribution is 2.13. The van der Waals surface area contributed by atoms with E-state index in [9.17, 15) is 9.59 Å². The zero-order valence-corrected chi connectivity index (χ0v) is 14.6. The summed E-state index contributed by atoms with van der Waals surface area (Å²) >= 11 is 0. The summed E-state index contributed by atoms with van der Waals surface area (Å²) in [6, 6.07) is 9.22. The van der Waals surface area contributed by atoms with E-state index in [0.717, 1.165) is 5.69 Å². The number of amides is 2. The molecule has 1 aliphatic heterocycles. The Labute approximate surface area is 151 Å². The molecule has 1 aromatic carbocycles. The minimum Gasteiger partial charge on any atom is -0.450 e. The molecule has 2 heterocycles. The Morgan fingerprint density at radius 3 is 2.35 bits per heavy atom. The molecule has 136 valence electrons. The fraction of sp³-hybridized carbons (Fsp3) is 0.333. The molecule has 1 saturated heterocycles. The van der Waals surface area contributed by atoms with Gasteiger partial charge in [-0.15, -0.1) is 0 Å². The van der Waals surface area contributed by atoms with Crippen molar-refractivity contribution in [2.75, 3.05) is 43.0 Å². The van der Waals surface area contributed by atoms with Gasteiger partial charge in [0.1, 0.15) is 0 Å². The van der Waals surface area contributed by atoms with E-state index in [1.807, 2.05) is 35.2 Å². The lowest BCUT2D eigenvalue weighted by Crippen LogP contribution is -2.49. The van der Waals surface area contributed by atoms with Crippen LogP contribution in [0.5, 0.6) is 0 Å². The maximum Gasteiger partial charge on any atom is 0.409 e. The van der Waals surface area contributed by atoms with Gasteiger partial charge in [0.2, 0.25) is 5.95 Å².